The van der Waals surface area contributed by atoms with Gasteiger partial charge >= 0.3 is 0 Å². The number of hydrogen-bond acceptors (Lipinski definition) is 5. The molecule has 6 nitrogen and oxygen atoms in total. The van der Waals surface area contributed by atoms with Crippen LogP contribution in [0.1, 0.15) is 5.69 Å². The van der Waals surface area contributed by atoms with Gasteiger partial charge < -0.3 is 10.3 Å². The van der Waals surface area contributed by atoms with Gasteiger partial charge in [-0.15, -0.1) is 0 Å². The number of aromatic nitrogens is 5. The first kappa shape index (κ1) is 17.0. The maximum Gasteiger partial charge on any atom is 0.224 e. The van der Waals surface area contributed by atoms with E-state index >= 15 is 0 Å². The van der Waals surface area contributed by atoms with Crippen molar-refractivity contribution in [2.24, 2.45) is 0 Å². The van der Waals surface area contributed by atoms with Crippen molar-refractivity contribution in [3.05, 3.63) is 57.6 Å². The number of hydrogen-bond donors (Lipinski definition) is 2. The first-order chi connectivity index (χ1) is 12.5. The molecule has 26 heavy (non-hydrogen) atoms. The molecule has 0 atom stereocenters. The highest BCUT2D eigenvalue weighted by atomic mass is 35.5. The molecule has 9 heteroatoms. The van der Waals surface area contributed by atoms with Crippen molar-refractivity contribution in [3.63, 3.8) is 0 Å². The Bertz CT molecular complexity index is 1080. The van der Waals surface area contributed by atoms with E-state index < -0.39 is 0 Å². The monoisotopic (exact) mass is 404 g/mol. The molecule has 0 amide bonds. The van der Waals surface area contributed by atoms with Gasteiger partial charge in [-0.2, -0.15) is 0 Å². The molecule has 0 radical (unpaired) electrons. The maximum absolute atomic E-state index is 6.29. The fourth-order valence-corrected chi connectivity index (χ4v) is 3.39. The van der Waals surface area contributed by atoms with Crippen LogP contribution in [0, 0.1) is 6.92 Å². The Hall–Kier alpha value is -2.41. The molecule has 2 N–H and O–H groups in total. The number of anilines is 2. The molecule has 0 bridgehead atoms. The SMILES string of the molecule is Cc1cc(Nc2nccc3[nH]c(-c4c(Cl)cccc4Cl)nc23)nc(Cl)n1. The van der Waals surface area contributed by atoms with Gasteiger partial charge in [-0.1, -0.05) is 29.3 Å². The average Bonchev–Trinajstić information content (AvgIpc) is 2.98. The second-order valence-corrected chi connectivity index (χ2v) is 6.68. The van der Waals surface area contributed by atoms with Crippen LogP contribution in [0.2, 0.25) is 15.3 Å². The minimum absolute atomic E-state index is 0.158. The second-order valence-electron chi connectivity index (χ2n) is 5.53. The lowest BCUT2D eigenvalue weighted by atomic mass is 10.2. The van der Waals surface area contributed by atoms with Crippen LogP contribution in [0.15, 0.2) is 36.5 Å². The summed E-state index contributed by atoms with van der Waals surface area (Å²) in [5.41, 5.74) is 2.79. The Kier molecular flexibility index (Phi) is 4.40. The van der Waals surface area contributed by atoms with E-state index in [2.05, 4.69) is 30.2 Å². The predicted octanol–water partition coefficient (Wildman–Crippen LogP) is 5.43. The van der Waals surface area contributed by atoms with Crippen LogP contribution in [0.25, 0.3) is 22.4 Å². The number of nitrogens with one attached hydrogen (secondary N) is 2. The van der Waals surface area contributed by atoms with Crippen molar-refractivity contribution in [2.75, 3.05) is 5.32 Å². The maximum atomic E-state index is 6.29. The van der Waals surface area contributed by atoms with E-state index in [-0.39, 0.29) is 5.28 Å². The number of H-pyrrole nitrogens is 1. The van der Waals surface area contributed by atoms with Crippen molar-refractivity contribution in [1.82, 2.24) is 24.9 Å². The highest BCUT2D eigenvalue weighted by Crippen LogP contribution is 2.34. The van der Waals surface area contributed by atoms with Crippen molar-refractivity contribution < 1.29 is 0 Å². The molecule has 0 spiro atoms. The minimum Gasteiger partial charge on any atom is -0.338 e. The molecule has 0 aliphatic carbocycles. The van der Waals surface area contributed by atoms with Crippen LogP contribution in [-0.4, -0.2) is 24.9 Å². The smallest absolute Gasteiger partial charge is 0.224 e. The van der Waals surface area contributed by atoms with E-state index in [1.165, 1.54) is 0 Å². The van der Waals surface area contributed by atoms with Crippen molar-refractivity contribution >= 4 is 57.5 Å². The summed E-state index contributed by atoms with van der Waals surface area (Å²) < 4.78 is 0. The van der Waals surface area contributed by atoms with E-state index in [1.807, 2.05) is 13.0 Å². The van der Waals surface area contributed by atoms with Gasteiger partial charge in [-0.25, -0.2) is 19.9 Å². The van der Waals surface area contributed by atoms with Crippen LogP contribution in [0.4, 0.5) is 11.6 Å². The first-order valence-electron chi connectivity index (χ1n) is 7.58. The Morgan fingerprint density at radius 2 is 1.77 bits per heavy atom. The number of pyridine rings is 1. The molecule has 1 aromatic carbocycles. The number of halogens is 3. The number of rotatable bonds is 3. The molecular weight excluding hydrogens is 395 g/mol. The van der Waals surface area contributed by atoms with Gasteiger partial charge in [0.25, 0.3) is 0 Å². The van der Waals surface area contributed by atoms with E-state index in [9.17, 15) is 0 Å². The summed E-state index contributed by atoms with van der Waals surface area (Å²) in [5, 5.41) is 4.31. The van der Waals surface area contributed by atoms with Crippen LogP contribution in [0.5, 0.6) is 0 Å². The second kappa shape index (κ2) is 6.72. The van der Waals surface area contributed by atoms with Crippen LogP contribution < -0.4 is 5.32 Å². The summed E-state index contributed by atoms with van der Waals surface area (Å²) >= 11 is 18.5. The van der Waals surface area contributed by atoms with Gasteiger partial charge in [0, 0.05) is 18.0 Å². The van der Waals surface area contributed by atoms with Crippen molar-refractivity contribution in [3.8, 4) is 11.4 Å². The lowest BCUT2D eigenvalue weighted by Crippen LogP contribution is -1.99. The lowest BCUT2D eigenvalue weighted by Gasteiger charge is -2.06. The fourth-order valence-electron chi connectivity index (χ4n) is 2.59. The summed E-state index contributed by atoms with van der Waals surface area (Å²) in [7, 11) is 0. The molecule has 0 saturated carbocycles. The lowest BCUT2D eigenvalue weighted by molar-refractivity contribution is 1.10. The van der Waals surface area contributed by atoms with Gasteiger partial charge in [-0.05, 0) is 36.7 Å². The number of aromatic amines is 1. The van der Waals surface area contributed by atoms with Gasteiger partial charge in [0.15, 0.2) is 5.82 Å². The number of fused-ring (bicyclic) bond motifs is 1. The molecule has 0 aliphatic heterocycles. The third kappa shape index (κ3) is 3.19. The first-order valence-corrected chi connectivity index (χ1v) is 8.72. The summed E-state index contributed by atoms with van der Waals surface area (Å²) in [4.78, 5) is 20.4. The third-order valence-electron chi connectivity index (χ3n) is 3.67. The molecule has 0 aliphatic rings. The van der Waals surface area contributed by atoms with Crippen LogP contribution in [-0.2, 0) is 0 Å². The van der Waals surface area contributed by atoms with Crippen molar-refractivity contribution in [2.45, 2.75) is 6.92 Å². The molecule has 3 heterocycles. The topological polar surface area (TPSA) is 79.4 Å². The van der Waals surface area contributed by atoms with Gasteiger partial charge in [0.2, 0.25) is 5.28 Å². The molecule has 4 aromatic rings. The molecular formula is C17H11Cl3N6. The molecule has 0 unspecified atom stereocenters. The van der Waals surface area contributed by atoms with Crippen LogP contribution in [0.3, 0.4) is 0 Å². The van der Waals surface area contributed by atoms with E-state index in [1.54, 1.807) is 30.5 Å². The highest BCUT2D eigenvalue weighted by molar-refractivity contribution is 6.39. The largest absolute Gasteiger partial charge is 0.338 e. The van der Waals surface area contributed by atoms with Gasteiger partial charge in [-0.3, -0.25) is 0 Å². The van der Waals surface area contributed by atoms with E-state index in [0.717, 1.165) is 11.2 Å². The third-order valence-corrected chi connectivity index (χ3v) is 4.47. The quantitative estimate of drug-likeness (QED) is 0.444. The van der Waals surface area contributed by atoms with Crippen LogP contribution >= 0.6 is 34.8 Å². The number of benzene rings is 1. The Balaban J connectivity index is 1.81. The molecule has 0 fully saturated rings. The number of imidazole rings is 1. The number of aryl methyl sites for hydroxylation is 1. The fraction of sp³-hybridized carbons (Fsp3) is 0.0588. The summed E-state index contributed by atoms with van der Waals surface area (Å²) in [6, 6.07) is 8.90. The van der Waals surface area contributed by atoms with Gasteiger partial charge in [0.05, 0.1) is 21.1 Å². The molecule has 0 saturated heterocycles. The average molecular weight is 406 g/mol. The Morgan fingerprint density at radius 3 is 2.50 bits per heavy atom. The normalized spacial score (nSPS) is 11.1. The van der Waals surface area contributed by atoms with Crippen molar-refractivity contribution in [1.29, 1.82) is 0 Å². The minimum atomic E-state index is 0.158. The summed E-state index contributed by atoms with van der Waals surface area (Å²) in [5.74, 6) is 1.62. The van der Waals surface area contributed by atoms with E-state index in [0.29, 0.717) is 38.6 Å². The predicted molar refractivity (Wildman–Crippen MR) is 104 cm³/mol. The molecule has 3 aromatic heterocycles. The highest BCUT2D eigenvalue weighted by Gasteiger charge is 2.15. The van der Waals surface area contributed by atoms with E-state index in [4.69, 9.17) is 34.8 Å². The Morgan fingerprint density at radius 1 is 1.00 bits per heavy atom. The summed E-state index contributed by atoms with van der Waals surface area (Å²) in [6.07, 6.45) is 1.66. The zero-order valence-corrected chi connectivity index (χ0v) is 15.7. The summed E-state index contributed by atoms with van der Waals surface area (Å²) in [6.45, 7) is 1.83. The molecule has 4 rings (SSSR count). The zero-order valence-electron chi connectivity index (χ0n) is 13.4. The Labute approximate surface area is 163 Å². The zero-order chi connectivity index (χ0) is 18.3. The molecule has 130 valence electrons. The standard InChI is InChI=1S/C17H11Cl3N6/c1-8-7-12(25-17(20)22-8)24-16-14-11(5-6-21-16)23-15(26-14)13-9(18)3-2-4-10(13)19/h2-7H,1H3,(H,23,26)(H,21,22,24,25). The van der Waals surface area contributed by atoms with Gasteiger partial charge in [0.1, 0.15) is 17.2 Å². The number of nitrogens with zero attached hydrogens (tertiary/aromatic N) is 4.